The maximum atomic E-state index is 11.5. The molecule has 0 radical (unpaired) electrons. The van der Waals surface area contributed by atoms with Gasteiger partial charge in [0.25, 0.3) is 0 Å². The van der Waals surface area contributed by atoms with Gasteiger partial charge in [0, 0.05) is 18.6 Å². The van der Waals surface area contributed by atoms with Crippen LogP contribution in [0.4, 0.5) is 0 Å². The van der Waals surface area contributed by atoms with Gasteiger partial charge in [0.15, 0.2) is 0 Å². The summed E-state index contributed by atoms with van der Waals surface area (Å²) in [5.74, 6) is 0.588. The third kappa shape index (κ3) is 5.86. The molecule has 0 bridgehead atoms. The molecule has 0 amide bonds. The summed E-state index contributed by atoms with van der Waals surface area (Å²) in [5.41, 5.74) is 0.679. The molecule has 0 atom stereocenters. The SMILES string of the molecule is CCCCCC(=O)OCCCCCCOc1c2ccoc2cc2oc(=O)ccc12. The van der Waals surface area contributed by atoms with Crippen LogP contribution < -0.4 is 10.4 Å². The monoisotopic (exact) mass is 400 g/mol. The summed E-state index contributed by atoms with van der Waals surface area (Å²) in [6.45, 7) is 3.16. The summed E-state index contributed by atoms with van der Waals surface area (Å²) in [4.78, 5) is 23.0. The molecule has 0 N–H and O–H groups in total. The molecule has 6 nitrogen and oxygen atoms in total. The lowest BCUT2D eigenvalue weighted by Gasteiger charge is -2.10. The van der Waals surface area contributed by atoms with Gasteiger partial charge < -0.3 is 18.3 Å². The van der Waals surface area contributed by atoms with Crippen LogP contribution >= 0.6 is 0 Å². The van der Waals surface area contributed by atoms with E-state index in [0.717, 1.165) is 55.7 Å². The summed E-state index contributed by atoms with van der Waals surface area (Å²) in [5, 5.41) is 1.62. The van der Waals surface area contributed by atoms with Gasteiger partial charge in [0.2, 0.25) is 0 Å². The Hall–Kier alpha value is -2.76. The van der Waals surface area contributed by atoms with Gasteiger partial charge in [0.05, 0.1) is 30.2 Å². The molecule has 0 aliphatic carbocycles. The molecule has 0 aliphatic heterocycles. The standard InChI is InChI=1S/C23H28O6/c1-2-3-6-9-21(24)27-13-7-4-5-8-14-28-23-17-10-11-22(25)29-20(17)16-19-18(23)12-15-26-19/h10-12,15-16H,2-9,13-14H2,1H3. The number of furan rings is 1. The lowest BCUT2D eigenvalue weighted by atomic mass is 10.1. The van der Waals surface area contributed by atoms with Crippen molar-refractivity contribution in [2.45, 2.75) is 58.3 Å². The Bertz CT molecular complexity index is 984. The van der Waals surface area contributed by atoms with Gasteiger partial charge in [0.1, 0.15) is 16.9 Å². The number of hydrogen-bond acceptors (Lipinski definition) is 6. The summed E-state index contributed by atoms with van der Waals surface area (Å²) < 4.78 is 22.0. The van der Waals surface area contributed by atoms with Crippen molar-refractivity contribution in [3.8, 4) is 5.75 Å². The molecule has 0 saturated carbocycles. The van der Waals surface area contributed by atoms with Crippen LogP contribution in [-0.2, 0) is 9.53 Å². The van der Waals surface area contributed by atoms with E-state index in [4.69, 9.17) is 18.3 Å². The van der Waals surface area contributed by atoms with E-state index in [-0.39, 0.29) is 5.97 Å². The maximum absolute atomic E-state index is 11.5. The van der Waals surface area contributed by atoms with Crippen LogP contribution in [0.3, 0.4) is 0 Å². The number of carbonyl (C=O) groups excluding carboxylic acids is 1. The van der Waals surface area contributed by atoms with Crippen LogP contribution in [0.5, 0.6) is 5.75 Å². The van der Waals surface area contributed by atoms with Crippen LogP contribution in [0.15, 0.2) is 44.2 Å². The van der Waals surface area contributed by atoms with Gasteiger partial charge in [-0.15, -0.1) is 0 Å². The Kier molecular flexibility index (Phi) is 7.73. The van der Waals surface area contributed by atoms with E-state index in [1.807, 2.05) is 6.07 Å². The molecular formula is C23H28O6. The Morgan fingerprint density at radius 2 is 1.72 bits per heavy atom. The second-order valence-electron chi connectivity index (χ2n) is 7.14. The highest BCUT2D eigenvalue weighted by molar-refractivity contribution is 6.01. The van der Waals surface area contributed by atoms with Gasteiger partial charge in [-0.3, -0.25) is 4.79 Å². The highest BCUT2D eigenvalue weighted by atomic mass is 16.5. The predicted octanol–water partition coefficient (Wildman–Crippen LogP) is 5.60. The number of rotatable bonds is 12. The van der Waals surface area contributed by atoms with Gasteiger partial charge in [-0.25, -0.2) is 4.79 Å². The minimum Gasteiger partial charge on any atom is -0.492 e. The van der Waals surface area contributed by atoms with E-state index >= 15 is 0 Å². The fourth-order valence-corrected chi connectivity index (χ4v) is 3.28. The lowest BCUT2D eigenvalue weighted by molar-refractivity contribution is -0.143. The fraction of sp³-hybridized carbons (Fsp3) is 0.478. The van der Waals surface area contributed by atoms with E-state index in [9.17, 15) is 9.59 Å². The largest absolute Gasteiger partial charge is 0.492 e. The third-order valence-electron chi connectivity index (χ3n) is 4.84. The van der Waals surface area contributed by atoms with Crippen molar-refractivity contribution in [1.29, 1.82) is 0 Å². The van der Waals surface area contributed by atoms with Gasteiger partial charge in [-0.05, 0) is 44.2 Å². The minimum absolute atomic E-state index is 0.0893. The average Bonchev–Trinajstić information content (AvgIpc) is 3.17. The summed E-state index contributed by atoms with van der Waals surface area (Å²) in [6.07, 6.45) is 8.93. The smallest absolute Gasteiger partial charge is 0.336 e. The van der Waals surface area contributed by atoms with Crippen molar-refractivity contribution in [2.24, 2.45) is 0 Å². The molecule has 3 rings (SSSR count). The van der Waals surface area contributed by atoms with Crippen LogP contribution in [0.25, 0.3) is 21.9 Å². The van der Waals surface area contributed by atoms with E-state index in [1.54, 1.807) is 18.4 Å². The van der Waals surface area contributed by atoms with Gasteiger partial charge >= 0.3 is 11.6 Å². The maximum Gasteiger partial charge on any atom is 0.336 e. The molecule has 0 spiro atoms. The molecule has 2 heterocycles. The number of unbranched alkanes of at least 4 members (excludes halogenated alkanes) is 5. The molecular weight excluding hydrogens is 372 g/mol. The number of hydrogen-bond donors (Lipinski definition) is 0. The van der Waals surface area contributed by atoms with Gasteiger partial charge in [-0.1, -0.05) is 19.8 Å². The highest BCUT2D eigenvalue weighted by Crippen LogP contribution is 2.35. The third-order valence-corrected chi connectivity index (χ3v) is 4.84. The van der Waals surface area contributed by atoms with Crippen molar-refractivity contribution >= 4 is 27.9 Å². The van der Waals surface area contributed by atoms with E-state index in [1.165, 1.54) is 6.07 Å². The Balaban J connectivity index is 1.42. The number of esters is 1. The van der Waals surface area contributed by atoms with E-state index in [2.05, 4.69) is 6.92 Å². The Morgan fingerprint density at radius 3 is 2.55 bits per heavy atom. The summed E-state index contributed by atoms with van der Waals surface area (Å²) >= 11 is 0. The second kappa shape index (κ2) is 10.7. The van der Waals surface area contributed by atoms with Crippen molar-refractivity contribution in [3.63, 3.8) is 0 Å². The molecule has 0 fully saturated rings. The first kappa shape index (κ1) is 21.0. The molecule has 3 aromatic rings. The van der Waals surface area contributed by atoms with Crippen LogP contribution in [0, 0.1) is 0 Å². The Morgan fingerprint density at radius 1 is 0.931 bits per heavy atom. The highest BCUT2D eigenvalue weighted by Gasteiger charge is 2.13. The Labute approximate surface area is 169 Å². The zero-order valence-corrected chi connectivity index (χ0v) is 16.9. The van der Waals surface area contributed by atoms with Crippen LogP contribution in [0.1, 0.15) is 58.3 Å². The zero-order chi connectivity index (χ0) is 20.5. The number of ether oxygens (including phenoxy) is 2. The van der Waals surface area contributed by atoms with Crippen molar-refractivity contribution in [2.75, 3.05) is 13.2 Å². The van der Waals surface area contributed by atoms with Gasteiger partial charge in [-0.2, -0.15) is 0 Å². The van der Waals surface area contributed by atoms with E-state index < -0.39 is 5.63 Å². The summed E-state index contributed by atoms with van der Waals surface area (Å²) in [6, 6.07) is 6.68. The molecule has 1 aromatic carbocycles. The first-order chi connectivity index (χ1) is 14.2. The normalized spacial score (nSPS) is 11.2. The second-order valence-corrected chi connectivity index (χ2v) is 7.14. The summed E-state index contributed by atoms with van der Waals surface area (Å²) in [7, 11) is 0. The minimum atomic E-state index is -0.402. The fourth-order valence-electron chi connectivity index (χ4n) is 3.28. The first-order valence-corrected chi connectivity index (χ1v) is 10.4. The lowest BCUT2D eigenvalue weighted by Crippen LogP contribution is -2.05. The number of carbonyl (C=O) groups is 1. The number of benzene rings is 1. The van der Waals surface area contributed by atoms with Crippen molar-refractivity contribution in [1.82, 2.24) is 0 Å². The predicted molar refractivity (Wildman–Crippen MR) is 111 cm³/mol. The molecule has 0 aliphatic rings. The van der Waals surface area contributed by atoms with Crippen LogP contribution in [-0.4, -0.2) is 19.2 Å². The molecule has 29 heavy (non-hydrogen) atoms. The van der Waals surface area contributed by atoms with Crippen LogP contribution in [0.2, 0.25) is 0 Å². The quantitative estimate of drug-likeness (QED) is 0.224. The zero-order valence-electron chi connectivity index (χ0n) is 16.9. The average molecular weight is 400 g/mol. The van der Waals surface area contributed by atoms with E-state index in [0.29, 0.717) is 36.6 Å². The molecule has 6 heteroatoms. The topological polar surface area (TPSA) is 78.9 Å². The number of fused-ring (bicyclic) bond motifs is 2. The molecule has 156 valence electrons. The molecule has 0 unspecified atom stereocenters. The van der Waals surface area contributed by atoms with Crippen molar-refractivity contribution in [3.05, 3.63) is 40.9 Å². The molecule has 2 aromatic heterocycles. The first-order valence-electron chi connectivity index (χ1n) is 10.4. The van der Waals surface area contributed by atoms with Crippen molar-refractivity contribution < 1.29 is 23.1 Å². The molecule has 0 saturated heterocycles.